The summed E-state index contributed by atoms with van der Waals surface area (Å²) in [5, 5.41) is 3.44. The number of hydrogen-bond donors (Lipinski definition) is 1. The second-order valence-electron chi connectivity index (χ2n) is 9.42. The van der Waals surface area contributed by atoms with Crippen molar-refractivity contribution >= 4 is 12.0 Å². The minimum absolute atomic E-state index is 0.199. The van der Waals surface area contributed by atoms with Crippen molar-refractivity contribution in [3.63, 3.8) is 0 Å². The zero-order valence-electron chi connectivity index (χ0n) is 17.4. The van der Waals surface area contributed by atoms with Gasteiger partial charge in [0.25, 0.3) is 0 Å². The van der Waals surface area contributed by atoms with Crippen molar-refractivity contribution < 1.29 is 14.3 Å². The molecule has 0 radical (unpaired) electrons. The van der Waals surface area contributed by atoms with Crippen LogP contribution in [0.5, 0.6) is 0 Å². The van der Waals surface area contributed by atoms with Gasteiger partial charge in [-0.05, 0) is 51.4 Å². The Morgan fingerprint density at radius 1 is 1.04 bits per heavy atom. The molecule has 2 aliphatic rings. The van der Waals surface area contributed by atoms with Gasteiger partial charge < -0.3 is 19.9 Å². The van der Waals surface area contributed by atoms with Crippen LogP contribution in [0.2, 0.25) is 0 Å². The maximum atomic E-state index is 12.5. The largest absolute Gasteiger partial charge is 0.444 e. The maximum Gasteiger partial charge on any atom is 0.410 e. The van der Waals surface area contributed by atoms with Crippen LogP contribution in [-0.2, 0) is 9.53 Å². The number of piperidine rings is 2. The van der Waals surface area contributed by atoms with E-state index in [9.17, 15) is 9.59 Å². The van der Waals surface area contributed by atoms with Crippen LogP contribution in [0.15, 0.2) is 0 Å². The average molecular weight is 368 g/mol. The van der Waals surface area contributed by atoms with Crippen molar-refractivity contribution in [2.24, 2.45) is 17.8 Å². The van der Waals surface area contributed by atoms with Gasteiger partial charge in [-0.2, -0.15) is 0 Å². The fraction of sp³-hybridized carbons (Fsp3) is 0.900. The summed E-state index contributed by atoms with van der Waals surface area (Å²) in [6, 6.07) is 0.261. The van der Waals surface area contributed by atoms with Gasteiger partial charge in [-0.15, -0.1) is 0 Å². The zero-order chi connectivity index (χ0) is 19.5. The number of likely N-dealkylation sites (tertiary alicyclic amines) is 2. The van der Waals surface area contributed by atoms with Crippen LogP contribution in [0.3, 0.4) is 0 Å². The highest BCUT2D eigenvalue weighted by Gasteiger charge is 2.32. The van der Waals surface area contributed by atoms with Crippen LogP contribution in [0.25, 0.3) is 0 Å². The molecule has 0 aromatic heterocycles. The Hall–Kier alpha value is -1.30. The zero-order valence-corrected chi connectivity index (χ0v) is 17.4. The van der Waals surface area contributed by atoms with E-state index in [4.69, 9.17) is 4.74 Å². The van der Waals surface area contributed by atoms with Crippen LogP contribution in [0.1, 0.15) is 54.4 Å². The van der Waals surface area contributed by atoms with Gasteiger partial charge in [0.15, 0.2) is 0 Å². The number of nitrogens with zero attached hydrogens (tertiary/aromatic N) is 2. The molecule has 0 aromatic rings. The summed E-state index contributed by atoms with van der Waals surface area (Å²) in [5.74, 6) is 1.66. The summed E-state index contributed by atoms with van der Waals surface area (Å²) in [7, 11) is 0. The van der Waals surface area contributed by atoms with E-state index in [-0.39, 0.29) is 18.0 Å². The summed E-state index contributed by atoms with van der Waals surface area (Å²) >= 11 is 0. The number of rotatable bonds is 3. The van der Waals surface area contributed by atoms with Gasteiger partial charge in [-0.25, -0.2) is 4.79 Å². The number of carbonyl (C=O) groups is 2. The third-order valence-electron chi connectivity index (χ3n) is 5.29. The predicted molar refractivity (Wildman–Crippen MR) is 103 cm³/mol. The second-order valence-corrected chi connectivity index (χ2v) is 9.42. The molecule has 0 spiro atoms. The molecular formula is C20H37N3O3. The first-order valence-corrected chi connectivity index (χ1v) is 10.0. The van der Waals surface area contributed by atoms with Crippen LogP contribution in [-0.4, -0.2) is 66.2 Å². The summed E-state index contributed by atoms with van der Waals surface area (Å²) in [4.78, 5) is 28.6. The summed E-state index contributed by atoms with van der Waals surface area (Å²) in [6.45, 7) is 15.7. The van der Waals surface area contributed by atoms with Crippen molar-refractivity contribution in [1.29, 1.82) is 0 Å². The van der Waals surface area contributed by atoms with Crippen molar-refractivity contribution in [1.82, 2.24) is 15.1 Å². The van der Waals surface area contributed by atoms with E-state index in [1.807, 2.05) is 25.7 Å². The first-order valence-electron chi connectivity index (χ1n) is 10.0. The Morgan fingerprint density at radius 3 is 2.19 bits per heavy atom. The van der Waals surface area contributed by atoms with E-state index in [2.05, 4.69) is 26.1 Å². The number of carbonyl (C=O) groups excluding carboxylic acids is 2. The lowest BCUT2D eigenvalue weighted by molar-refractivity contribution is -0.133. The average Bonchev–Trinajstić information content (AvgIpc) is 2.50. The Kier molecular flexibility index (Phi) is 6.94. The molecule has 2 saturated heterocycles. The predicted octanol–water partition coefficient (Wildman–Crippen LogP) is 2.73. The number of hydrogen-bond acceptors (Lipinski definition) is 4. The highest BCUT2D eigenvalue weighted by molar-refractivity contribution is 5.78. The van der Waals surface area contributed by atoms with Crippen molar-refractivity contribution in [3.8, 4) is 0 Å². The van der Waals surface area contributed by atoms with Gasteiger partial charge in [0, 0.05) is 32.2 Å². The van der Waals surface area contributed by atoms with Gasteiger partial charge in [-0.1, -0.05) is 20.8 Å². The molecule has 2 heterocycles. The molecule has 2 aliphatic heterocycles. The molecule has 0 saturated carbocycles. The fourth-order valence-corrected chi connectivity index (χ4v) is 4.14. The van der Waals surface area contributed by atoms with Crippen LogP contribution in [0.4, 0.5) is 4.79 Å². The van der Waals surface area contributed by atoms with Crippen molar-refractivity contribution in [3.05, 3.63) is 0 Å². The van der Waals surface area contributed by atoms with E-state index in [1.54, 1.807) is 4.90 Å². The molecule has 2 fully saturated rings. The van der Waals surface area contributed by atoms with E-state index in [0.717, 1.165) is 19.5 Å². The van der Waals surface area contributed by atoms with Crippen molar-refractivity contribution in [2.45, 2.75) is 66.0 Å². The minimum Gasteiger partial charge on any atom is -0.444 e. The van der Waals surface area contributed by atoms with Gasteiger partial charge >= 0.3 is 6.09 Å². The molecule has 150 valence electrons. The monoisotopic (exact) mass is 367 g/mol. The summed E-state index contributed by atoms with van der Waals surface area (Å²) < 4.78 is 5.46. The lowest BCUT2D eigenvalue weighted by atomic mass is 9.91. The number of nitrogens with one attached hydrogen (secondary N) is 1. The molecule has 4 atom stereocenters. The summed E-state index contributed by atoms with van der Waals surface area (Å²) in [5.41, 5.74) is -0.468. The fourth-order valence-electron chi connectivity index (χ4n) is 4.14. The van der Waals surface area contributed by atoms with Crippen molar-refractivity contribution in [2.75, 3.05) is 32.7 Å². The quantitative estimate of drug-likeness (QED) is 0.833. The molecule has 26 heavy (non-hydrogen) atoms. The number of amides is 2. The first-order chi connectivity index (χ1) is 12.0. The third-order valence-corrected chi connectivity index (χ3v) is 5.29. The number of ether oxygens (including phenoxy) is 1. The normalized spacial score (nSPS) is 30.2. The molecular weight excluding hydrogens is 330 g/mol. The van der Waals surface area contributed by atoms with Crippen LogP contribution < -0.4 is 5.32 Å². The second kappa shape index (κ2) is 8.59. The summed E-state index contributed by atoms with van der Waals surface area (Å²) in [6.07, 6.45) is 1.81. The molecule has 0 bridgehead atoms. The molecule has 1 N–H and O–H groups in total. The Morgan fingerprint density at radius 2 is 1.65 bits per heavy atom. The standard InChI is InChI=1S/C20H37N3O3/c1-14-9-15(2)12-23(11-14)18(24)10-21-17-7-8-22(13-16(17)3)19(25)26-20(4,5)6/h14-17,21H,7-13H2,1-6H3/t14-,15+,16-,17+/m1/s1. The Balaban J connectivity index is 1.77. The van der Waals surface area contributed by atoms with Crippen LogP contribution >= 0.6 is 0 Å². The lowest BCUT2D eigenvalue weighted by Crippen LogP contribution is -2.53. The Bertz CT molecular complexity index is 493. The molecule has 6 nitrogen and oxygen atoms in total. The first kappa shape index (κ1) is 21.0. The Labute approximate surface area is 158 Å². The van der Waals surface area contributed by atoms with E-state index in [0.29, 0.717) is 37.4 Å². The highest BCUT2D eigenvalue weighted by atomic mass is 16.6. The van der Waals surface area contributed by atoms with Crippen LogP contribution in [0, 0.1) is 17.8 Å². The smallest absolute Gasteiger partial charge is 0.410 e. The lowest BCUT2D eigenvalue weighted by Gasteiger charge is -2.39. The van der Waals surface area contributed by atoms with E-state index >= 15 is 0 Å². The molecule has 6 heteroatoms. The molecule has 2 amide bonds. The van der Waals surface area contributed by atoms with Gasteiger partial charge in [-0.3, -0.25) is 4.79 Å². The highest BCUT2D eigenvalue weighted by Crippen LogP contribution is 2.22. The third kappa shape index (κ3) is 6.15. The molecule has 2 rings (SSSR count). The SMILES string of the molecule is C[C@@H]1C[C@H](C)CN(C(=O)CN[C@H]2CCN(C(=O)OC(C)(C)C)C[C@H]2C)C1. The molecule has 0 aromatic carbocycles. The van der Waals surface area contributed by atoms with Gasteiger partial charge in [0.2, 0.25) is 5.91 Å². The van der Waals surface area contributed by atoms with E-state index in [1.165, 1.54) is 6.42 Å². The minimum atomic E-state index is -0.468. The van der Waals surface area contributed by atoms with Gasteiger partial charge in [0.05, 0.1) is 6.54 Å². The molecule has 0 aliphatic carbocycles. The maximum absolute atomic E-state index is 12.5. The van der Waals surface area contributed by atoms with E-state index < -0.39 is 5.60 Å². The van der Waals surface area contributed by atoms with Gasteiger partial charge in [0.1, 0.15) is 5.60 Å². The topological polar surface area (TPSA) is 61.9 Å². The molecule has 0 unspecified atom stereocenters.